The fourth-order valence-corrected chi connectivity index (χ4v) is 3.84. The van der Waals surface area contributed by atoms with Crippen LogP contribution in [0.2, 0.25) is 0 Å². The van der Waals surface area contributed by atoms with Crippen LogP contribution in [-0.4, -0.2) is 5.71 Å². The summed E-state index contributed by atoms with van der Waals surface area (Å²) in [6, 6.07) is 13.5. The third-order valence-electron chi connectivity index (χ3n) is 5.57. The molecule has 0 amide bonds. The van der Waals surface area contributed by atoms with E-state index in [0.29, 0.717) is 0 Å². The van der Waals surface area contributed by atoms with Gasteiger partial charge in [0.1, 0.15) is 0 Å². The van der Waals surface area contributed by atoms with E-state index in [0.717, 1.165) is 5.69 Å². The minimum Gasteiger partial charge on any atom is -0.257 e. The number of nitrogens with zero attached hydrogens (tertiary/aromatic N) is 1. The quantitative estimate of drug-likeness (QED) is 0.612. The van der Waals surface area contributed by atoms with Crippen LogP contribution in [0.15, 0.2) is 41.4 Å². The zero-order valence-corrected chi connectivity index (χ0v) is 13.4. The second-order valence-corrected chi connectivity index (χ2v) is 7.41. The van der Waals surface area contributed by atoms with E-state index in [1.54, 1.807) is 0 Å². The van der Waals surface area contributed by atoms with E-state index in [2.05, 4.69) is 71.0 Å². The lowest BCUT2D eigenvalue weighted by atomic mass is 9.78. The van der Waals surface area contributed by atoms with Crippen LogP contribution in [0.3, 0.4) is 0 Å². The zero-order valence-electron chi connectivity index (χ0n) is 13.4. The Labute approximate surface area is 126 Å². The van der Waals surface area contributed by atoms with Crippen molar-refractivity contribution in [2.75, 3.05) is 0 Å². The normalized spacial score (nSPS) is 19.8. The lowest BCUT2D eigenvalue weighted by molar-refractivity contribution is 0.659. The molecule has 2 aromatic rings. The summed E-state index contributed by atoms with van der Waals surface area (Å²) in [4.78, 5) is 4.83. The molecule has 0 radical (unpaired) electrons. The Balaban J connectivity index is 2.06. The molecule has 0 saturated carbocycles. The van der Waals surface area contributed by atoms with E-state index in [1.807, 2.05) is 0 Å². The average molecular weight is 275 g/mol. The summed E-state index contributed by atoms with van der Waals surface area (Å²) < 4.78 is 0. The molecule has 0 aromatic heterocycles. The van der Waals surface area contributed by atoms with Gasteiger partial charge in [-0.05, 0) is 46.9 Å². The molecule has 1 heteroatoms. The van der Waals surface area contributed by atoms with E-state index in [1.165, 1.54) is 33.5 Å². The van der Waals surface area contributed by atoms with E-state index >= 15 is 0 Å². The first-order valence-electron chi connectivity index (χ1n) is 7.68. The number of fused-ring (bicyclic) bond motifs is 4. The summed E-state index contributed by atoms with van der Waals surface area (Å²) >= 11 is 0. The van der Waals surface area contributed by atoms with Gasteiger partial charge in [0, 0.05) is 16.5 Å². The molecular formula is C20H21N. The minimum absolute atomic E-state index is 0.0477. The van der Waals surface area contributed by atoms with Gasteiger partial charge in [0.25, 0.3) is 0 Å². The van der Waals surface area contributed by atoms with Crippen LogP contribution in [-0.2, 0) is 10.8 Å². The Hall–Kier alpha value is -1.89. The molecule has 1 nitrogen and oxygen atoms in total. The van der Waals surface area contributed by atoms with Gasteiger partial charge in [-0.1, -0.05) is 52.0 Å². The summed E-state index contributed by atoms with van der Waals surface area (Å²) in [7, 11) is 0. The van der Waals surface area contributed by atoms with Gasteiger partial charge in [-0.2, -0.15) is 0 Å². The van der Waals surface area contributed by atoms with Crippen molar-refractivity contribution in [1.29, 1.82) is 0 Å². The summed E-state index contributed by atoms with van der Waals surface area (Å²) in [5.41, 5.74) is 9.49. The maximum absolute atomic E-state index is 4.83. The highest BCUT2D eigenvalue weighted by Gasteiger charge is 2.39. The van der Waals surface area contributed by atoms with Gasteiger partial charge in [-0.3, -0.25) is 4.99 Å². The number of benzene rings is 2. The number of rotatable bonds is 0. The van der Waals surface area contributed by atoms with Gasteiger partial charge >= 0.3 is 0 Å². The van der Waals surface area contributed by atoms with Crippen molar-refractivity contribution in [3.8, 4) is 11.1 Å². The first-order valence-corrected chi connectivity index (χ1v) is 7.68. The Kier molecular flexibility index (Phi) is 2.23. The average Bonchev–Trinajstić information content (AvgIpc) is 2.80. The molecule has 106 valence electrons. The second kappa shape index (κ2) is 3.65. The molecule has 0 spiro atoms. The number of hydrogen-bond donors (Lipinski definition) is 0. The Morgan fingerprint density at radius 1 is 0.762 bits per heavy atom. The monoisotopic (exact) mass is 275 g/mol. The predicted octanol–water partition coefficient (Wildman–Crippen LogP) is 5.38. The van der Waals surface area contributed by atoms with E-state index < -0.39 is 0 Å². The molecular weight excluding hydrogens is 254 g/mol. The molecule has 2 aromatic carbocycles. The van der Waals surface area contributed by atoms with Gasteiger partial charge in [-0.25, -0.2) is 0 Å². The maximum Gasteiger partial charge on any atom is 0.0674 e. The van der Waals surface area contributed by atoms with Crippen LogP contribution in [0.5, 0.6) is 0 Å². The van der Waals surface area contributed by atoms with Crippen molar-refractivity contribution in [3.05, 3.63) is 53.1 Å². The summed E-state index contributed by atoms with van der Waals surface area (Å²) in [5, 5.41) is 0. The number of hydrogen-bond acceptors (Lipinski definition) is 1. The smallest absolute Gasteiger partial charge is 0.0674 e. The SMILES string of the molecule is CC1=Nc2cc3c(cc2C1(C)C)-c1ccccc1C3(C)C. The largest absolute Gasteiger partial charge is 0.257 e. The van der Waals surface area contributed by atoms with Crippen LogP contribution in [0.4, 0.5) is 5.69 Å². The van der Waals surface area contributed by atoms with Gasteiger partial charge in [0.2, 0.25) is 0 Å². The van der Waals surface area contributed by atoms with Crippen molar-refractivity contribution in [1.82, 2.24) is 0 Å². The lowest BCUT2D eigenvalue weighted by Crippen LogP contribution is -2.22. The van der Waals surface area contributed by atoms with Gasteiger partial charge < -0.3 is 0 Å². The highest BCUT2D eigenvalue weighted by atomic mass is 14.8. The minimum atomic E-state index is 0.0477. The maximum atomic E-state index is 4.83. The lowest BCUT2D eigenvalue weighted by Gasteiger charge is -2.23. The van der Waals surface area contributed by atoms with Crippen LogP contribution in [0.1, 0.15) is 51.3 Å². The fourth-order valence-electron chi connectivity index (χ4n) is 3.84. The highest BCUT2D eigenvalue weighted by molar-refractivity contribution is 6.01. The van der Waals surface area contributed by atoms with Crippen LogP contribution < -0.4 is 0 Å². The third-order valence-corrected chi connectivity index (χ3v) is 5.57. The van der Waals surface area contributed by atoms with Crippen LogP contribution in [0.25, 0.3) is 11.1 Å². The molecule has 0 saturated heterocycles. The van der Waals surface area contributed by atoms with Crippen molar-refractivity contribution >= 4 is 11.4 Å². The van der Waals surface area contributed by atoms with Crippen molar-refractivity contribution in [3.63, 3.8) is 0 Å². The Morgan fingerprint density at radius 2 is 1.48 bits per heavy atom. The molecule has 4 rings (SSSR count). The van der Waals surface area contributed by atoms with Gasteiger partial charge in [-0.15, -0.1) is 0 Å². The highest BCUT2D eigenvalue weighted by Crippen LogP contribution is 2.53. The zero-order chi connectivity index (χ0) is 15.0. The summed E-state index contributed by atoms with van der Waals surface area (Å²) in [6.45, 7) is 11.3. The van der Waals surface area contributed by atoms with E-state index in [-0.39, 0.29) is 10.8 Å². The molecule has 1 aliphatic heterocycles. The molecule has 1 aliphatic carbocycles. The molecule has 0 fully saturated rings. The molecule has 0 N–H and O–H groups in total. The predicted molar refractivity (Wildman–Crippen MR) is 89.8 cm³/mol. The van der Waals surface area contributed by atoms with Crippen molar-refractivity contribution < 1.29 is 0 Å². The van der Waals surface area contributed by atoms with E-state index in [4.69, 9.17) is 4.99 Å². The molecule has 2 aliphatic rings. The first kappa shape index (κ1) is 12.8. The molecule has 0 unspecified atom stereocenters. The Morgan fingerprint density at radius 3 is 2.24 bits per heavy atom. The van der Waals surface area contributed by atoms with Crippen LogP contribution in [0, 0.1) is 0 Å². The molecule has 1 heterocycles. The van der Waals surface area contributed by atoms with Crippen molar-refractivity contribution in [2.45, 2.75) is 45.4 Å². The summed E-state index contributed by atoms with van der Waals surface area (Å²) in [5.74, 6) is 0. The van der Waals surface area contributed by atoms with Crippen molar-refractivity contribution in [2.24, 2.45) is 4.99 Å². The molecule has 0 bridgehead atoms. The third kappa shape index (κ3) is 1.44. The molecule has 21 heavy (non-hydrogen) atoms. The summed E-state index contributed by atoms with van der Waals surface area (Å²) in [6.07, 6.45) is 0. The molecule has 0 atom stereocenters. The fraction of sp³-hybridized carbons (Fsp3) is 0.350. The van der Waals surface area contributed by atoms with Gasteiger partial charge in [0.15, 0.2) is 0 Å². The Bertz CT molecular complexity index is 807. The second-order valence-electron chi connectivity index (χ2n) is 7.41. The standard InChI is InChI=1S/C20H21N/c1-12-19(2,3)17-10-14-13-8-6-7-9-15(13)20(4,5)16(14)11-18(17)21-12/h6-11H,1-5H3. The topological polar surface area (TPSA) is 12.4 Å². The van der Waals surface area contributed by atoms with E-state index in [9.17, 15) is 0 Å². The number of aliphatic imine (C=N–C) groups is 1. The van der Waals surface area contributed by atoms with Crippen LogP contribution >= 0.6 is 0 Å². The van der Waals surface area contributed by atoms with Gasteiger partial charge in [0.05, 0.1) is 5.69 Å². The first-order chi connectivity index (χ1) is 9.83.